The number of nitrogens with zero attached hydrogens (tertiary/aromatic N) is 4. The van der Waals surface area contributed by atoms with Crippen LogP contribution in [0.5, 0.6) is 0 Å². The van der Waals surface area contributed by atoms with Gasteiger partial charge in [0, 0.05) is 112 Å². The van der Waals surface area contributed by atoms with Gasteiger partial charge in [-0.05, 0) is 44.7 Å². The third-order valence-electron chi connectivity index (χ3n) is 6.92. The van der Waals surface area contributed by atoms with Crippen molar-refractivity contribution in [3.8, 4) is 0 Å². The second kappa shape index (κ2) is 14.4. The zero-order valence-electron chi connectivity index (χ0n) is 23.4. The molecule has 0 aromatic rings. The minimum Gasteiger partial charge on any atom is -0.592 e. The second-order valence-electron chi connectivity index (χ2n) is 10.7. The van der Waals surface area contributed by atoms with E-state index in [0.29, 0.717) is 6.42 Å². The minimum atomic E-state index is -2.10. The topological polar surface area (TPSA) is 180 Å². The van der Waals surface area contributed by atoms with E-state index in [4.69, 9.17) is 4.12 Å². The van der Waals surface area contributed by atoms with Gasteiger partial charge in [0.25, 0.3) is 23.6 Å². The van der Waals surface area contributed by atoms with Gasteiger partial charge in [-0.15, -0.1) is 0 Å². The van der Waals surface area contributed by atoms with Crippen molar-refractivity contribution in [2.24, 2.45) is 10.8 Å². The molecule has 0 aromatic carbocycles. The number of carbonyl (C=O) groups is 8. The van der Waals surface area contributed by atoms with Gasteiger partial charge in [-0.1, -0.05) is 19.8 Å². The Morgan fingerprint density at radius 3 is 1.32 bits per heavy atom. The van der Waals surface area contributed by atoms with Crippen LogP contribution in [0.4, 0.5) is 0 Å². The molecule has 4 heterocycles. The summed E-state index contributed by atoms with van der Waals surface area (Å²) in [6, 6.07) is 1.96. The maximum Gasteiger partial charge on any atom is 0.256 e. The van der Waals surface area contributed by atoms with Gasteiger partial charge in [-0.2, -0.15) is 0 Å². The van der Waals surface area contributed by atoms with Crippen LogP contribution in [0.1, 0.15) is 26.2 Å². The molecule has 40 heavy (non-hydrogen) atoms. The molecule has 4 rings (SSSR count). The molecule has 4 fully saturated rings. The SMILES string of the molecule is CCCC[Si](C)(C)O[Si](C)(C)CCCN1C(=O)C2(C(=O)[N-]C2=O)C1=O.CN1C(=O)C2(C(=O)[N-]C2=O)C1=O.[Y].[Y].[Y]. The van der Waals surface area contributed by atoms with Gasteiger partial charge in [-0.3, -0.25) is 29.0 Å². The molecule has 0 aliphatic carbocycles. The fourth-order valence-electron chi connectivity index (χ4n) is 4.82. The number of carbonyl (C=O) groups excluding carboxylic acids is 8. The van der Waals surface area contributed by atoms with Crippen LogP contribution in [0.3, 0.4) is 0 Å². The summed E-state index contributed by atoms with van der Waals surface area (Å²) >= 11 is 0. The molecule has 0 bridgehead atoms. The van der Waals surface area contributed by atoms with Gasteiger partial charge >= 0.3 is 0 Å². The van der Waals surface area contributed by atoms with Crippen molar-refractivity contribution in [2.75, 3.05) is 13.6 Å². The molecule has 211 valence electrons. The predicted molar refractivity (Wildman–Crippen MR) is 131 cm³/mol. The normalized spacial score (nSPS) is 19.9. The van der Waals surface area contributed by atoms with E-state index >= 15 is 0 Å². The molecule has 2 spiro atoms. The summed E-state index contributed by atoms with van der Waals surface area (Å²) in [6.07, 6.45) is 2.96. The number of amides is 8. The van der Waals surface area contributed by atoms with E-state index in [1.54, 1.807) is 0 Å². The van der Waals surface area contributed by atoms with Crippen molar-refractivity contribution in [2.45, 2.75) is 64.5 Å². The maximum atomic E-state index is 12.1. The zero-order valence-corrected chi connectivity index (χ0v) is 34.0. The van der Waals surface area contributed by atoms with E-state index in [2.05, 4.69) is 43.7 Å². The molecule has 18 heteroatoms. The number of rotatable bonds is 9. The van der Waals surface area contributed by atoms with E-state index in [-0.39, 0.29) is 105 Å². The molecular formula is C22H30N4O9Si2Y3-2. The molecule has 0 saturated carbocycles. The summed E-state index contributed by atoms with van der Waals surface area (Å²) < 4.78 is 6.49. The third kappa shape index (κ3) is 6.52. The van der Waals surface area contributed by atoms with Gasteiger partial charge < -0.3 is 33.9 Å². The van der Waals surface area contributed by atoms with Gasteiger partial charge in [0.2, 0.25) is 10.8 Å². The van der Waals surface area contributed by atoms with E-state index < -0.39 is 74.7 Å². The summed E-state index contributed by atoms with van der Waals surface area (Å²) in [6.45, 7) is 11.2. The molecule has 4 aliphatic rings. The molecule has 8 amide bonds. The molecule has 4 saturated heterocycles. The van der Waals surface area contributed by atoms with E-state index in [0.717, 1.165) is 28.3 Å². The summed E-state index contributed by atoms with van der Waals surface area (Å²) in [5.41, 5.74) is -4.15. The first-order valence-electron chi connectivity index (χ1n) is 12.0. The average Bonchev–Trinajstić information content (AvgIpc) is 2.80. The van der Waals surface area contributed by atoms with E-state index in [1.807, 2.05) is 0 Å². The molecular weight excluding hydrogens is 787 g/mol. The van der Waals surface area contributed by atoms with Crippen LogP contribution in [-0.2, 0) is 141 Å². The molecule has 3 radical (unpaired) electrons. The van der Waals surface area contributed by atoms with Crippen molar-refractivity contribution in [1.82, 2.24) is 9.80 Å². The average molecular weight is 817 g/mol. The van der Waals surface area contributed by atoms with Gasteiger partial charge in [0.05, 0.1) is 23.6 Å². The van der Waals surface area contributed by atoms with E-state index in [1.165, 1.54) is 13.5 Å². The Bertz CT molecular complexity index is 1080. The Balaban J connectivity index is 0.000000857. The van der Waals surface area contributed by atoms with Crippen LogP contribution < -0.4 is 0 Å². The first-order valence-corrected chi connectivity index (χ1v) is 18.2. The van der Waals surface area contributed by atoms with Crippen molar-refractivity contribution in [1.29, 1.82) is 0 Å². The smallest absolute Gasteiger partial charge is 0.256 e. The monoisotopic (exact) mass is 817 g/mol. The van der Waals surface area contributed by atoms with Crippen molar-refractivity contribution in [3.63, 3.8) is 0 Å². The summed E-state index contributed by atoms with van der Waals surface area (Å²) in [4.78, 5) is 92.3. The number of imide groups is 4. The van der Waals surface area contributed by atoms with Gasteiger partial charge in [-0.25, -0.2) is 0 Å². The number of β-lactam (4-membered cyclic amide) rings is 8. The Morgan fingerprint density at radius 2 is 1.00 bits per heavy atom. The predicted octanol–water partition coefficient (Wildman–Crippen LogP) is 0.804. The first kappa shape index (κ1) is 40.3. The maximum absolute atomic E-state index is 12.1. The van der Waals surface area contributed by atoms with Crippen LogP contribution in [0.25, 0.3) is 10.6 Å². The van der Waals surface area contributed by atoms with Crippen LogP contribution in [0.2, 0.25) is 38.3 Å². The molecule has 0 N–H and O–H groups in total. The van der Waals surface area contributed by atoms with E-state index in [9.17, 15) is 38.4 Å². The third-order valence-corrected chi connectivity index (χ3v) is 14.5. The van der Waals surface area contributed by atoms with Crippen molar-refractivity contribution >= 4 is 63.9 Å². The Morgan fingerprint density at radius 1 is 0.650 bits per heavy atom. The molecule has 4 aliphatic heterocycles. The largest absolute Gasteiger partial charge is 0.592 e. The van der Waals surface area contributed by atoms with Crippen molar-refractivity contribution in [3.05, 3.63) is 10.6 Å². The summed E-state index contributed by atoms with van der Waals surface area (Å²) in [5, 5.41) is 5.95. The number of hydrogen-bond donors (Lipinski definition) is 0. The quantitative estimate of drug-likeness (QED) is 0.185. The minimum absolute atomic E-state index is 0. The first-order chi connectivity index (χ1) is 17.0. The molecule has 0 aromatic heterocycles. The number of unbranched alkanes of at least 4 members (excludes halogenated alkanes) is 1. The summed E-state index contributed by atoms with van der Waals surface area (Å²) in [5.74, 6) is -6.63. The number of likely N-dealkylation sites (tertiary alicyclic amines) is 2. The number of hydrogen-bond acceptors (Lipinski definition) is 9. The molecule has 0 unspecified atom stereocenters. The van der Waals surface area contributed by atoms with Crippen LogP contribution in [-0.4, -0.2) is 87.3 Å². The summed E-state index contributed by atoms with van der Waals surface area (Å²) in [7, 11) is -2.35. The Labute approximate surface area is 310 Å². The second-order valence-corrected chi connectivity index (χ2v) is 19.6. The fraction of sp³-hybridized carbons (Fsp3) is 0.636. The fourth-order valence-corrected chi connectivity index (χ4v) is 13.8. The standard InChI is InChI=1S/C16H28N2O5Si2.C6H4N2O4.3Y/c1-6-7-10-24(2,3)23-25(4,5)11-8-9-18-14(21)16(15(18)22)12(19)17-13(16)20;1-8-4(11)6(5(8)12)2(9)7-3(6)10;;;/h6-11H2,1-5H3,(H,17,19,20);1H3,(H,7,9,10);;;/p-2. The van der Waals surface area contributed by atoms with Crippen molar-refractivity contribution < 1.29 is 141 Å². The molecule has 0 atom stereocenters. The Hall–Kier alpha value is 0.265. The molecule has 13 nitrogen and oxygen atoms in total. The zero-order chi connectivity index (χ0) is 28.1. The van der Waals surface area contributed by atoms with Crippen LogP contribution >= 0.6 is 0 Å². The van der Waals surface area contributed by atoms with Gasteiger partial charge in [0.1, 0.15) is 0 Å². The van der Waals surface area contributed by atoms with Crippen LogP contribution in [0.15, 0.2) is 0 Å². The van der Waals surface area contributed by atoms with Gasteiger partial charge in [0.15, 0.2) is 16.6 Å². The Kier molecular flexibility index (Phi) is 14.5. The van der Waals surface area contributed by atoms with Crippen LogP contribution in [0, 0.1) is 10.8 Å².